The van der Waals surface area contributed by atoms with E-state index in [0.717, 1.165) is 9.77 Å². The molecule has 16 heavy (non-hydrogen) atoms. The van der Waals surface area contributed by atoms with Gasteiger partial charge in [0.2, 0.25) is 0 Å². The maximum absolute atomic E-state index is 12.7. The van der Waals surface area contributed by atoms with E-state index in [0.29, 0.717) is 5.75 Å². The summed E-state index contributed by atoms with van der Waals surface area (Å²) in [5.74, 6) is 0.356. The molecule has 1 aromatic heterocycles. The van der Waals surface area contributed by atoms with Crippen LogP contribution in [0.25, 0.3) is 0 Å². The van der Waals surface area contributed by atoms with Gasteiger partial charge in [0.15, 0.2) is 0 Å². The quantitative estimate of drug-likeness (QED) is 0.839. The smallest absolute Gasteiger partial charge is 0.123 e. The molecule has 1 N–H and O–H groups in total. The van der Waals surface area contributed by atoms with Crippen molar-refractivity contribution >= 4 is 23.1 Å². The molecule has 0 aliphatic carbocycles. The first-order valence-electron chi connectivity index (χ1n) is 4.85. The molecule has 0 saturated carbocycles. The summed E-state index contributed by atoms with van der Waals surface area (Å²) in [5.41, 5.74) is 0. The normalized spacial score (nSPS) is 12.6. The maximum Gasteiger partial charge on any atom is 0.123 e. The van der Waals surface area contributed by atoms with E-state index in [-0.39, 0.29) is 5.82 Å². The van der Waals surface area contributed by atoms with Crippen molar-refractivity contribution in [3.8, 4) is 0 Å². The van der Waals surface area contributed by atoms with Gasteiger partial charge in [-0.25, -0.2) is 4.39 Å². The molecule has 1 heterocycles. The second kappa shape index (κ2) is 5.48. The van der Waals surface area contributed by atoms with Gasteiger partial charge >= 0.3 is 0 Å². The molecule has 4 heteroatoms. The number of aliphatic hydroxyl groups is 1. The molecule has 0 amide bonds. The van der Waals surface area contributed by atoms with Gasteiger partial charge in [0.05, 0.1) is 6.10 Å². The standard InChI is InChI=1S/C12H11FOS2/c13-9-3-5-10(6-4-9)16-8-11(14)12-2-1-7-15-12/h1-7,11,14H,8H2. The van der Waals surface area contributed by atoms with Crippen LogP contribution in [0.3, 0.4) is 0 Å². The van der Waals surface area contributed by atoms with Crippen molar-refractivity contribution in [3.63, 3.8) is 0 Å². The van der Waals surface area contributed by atoms with Crippen molar-refractivity contribution in [1.29, 1.82) is 0 Å². The SMILES string of the molecule is OC(CSc1ccc(F)cc1)c1cccs1. The lowest BCUT2D eigenvalue weighted by Gasteiger charge is -2.07. The van der Waals surface area contributed by atoms with Gasteiger partial charge in [0.1, 0.15) is 5.82 Å². The first kappa shape index (κ1) is 11.6. The fourth-order valence-electron chi connectivity index (χ4n) is 1.27. The molecular weight excluding hydrogens is 243 g/mol. The van der Waals surface area contributed by atoms with Crippen LogP contribution in [-0.4, -0.2) is 10.9 Å². The second-order valence-electron chi connectivity index (χ2n) is 3.30. The predicted molar refractivity (Wildman–Crippen MR) is 66.4 cm³/mol. The molecule has 0 bridgehead atoms. The average molecular weight is 254 g/mol. The van der Waals surface area contributed by atoms with Crippen LogP contribution in [0, 0.1) is 5.82 Å². The summed E-state index contributed by atoms with van der Waals surface area (Å²) in [5, 5.41) is 11.8. The lowest BCUT2D eigenvalue weighted by Crippen LogP contribution is -1.97. The Morgan fingerprint density at radius 2 is 2.00 bits per heavy atom. The molecule has 84 valence electrons. The maximum atomic E-state index is 12.7. The largest absolute Gasteiger partial charge is 0.387 e. The zero-order chi connectivity index (χ0) is 11.4. The molecule has 0 spiro atoms. The van der Waals surface area contributed by atoms with Crippen LogP contribution < -0.4 is 0 Å². The van der Waals surface area contributed by atoms with Crippen LogP contribution >= 0.6 is 23.1 Å². The molecule has 2 rings (SSSR count). The fraction of sp³-hybridized carbons (Fsp3) is 0.167. The topological polar surface area (TPSA) is 20.2 Å². The number of hydrogen-bond acceptors (Lipinski definition) is 3. The molecule has 2 aromatic rings. The third-order valence-corrected chi connectivity index (χ3v) is 4.15. The first-order chi connectivity index (χ1) is 7.75. The van der Waals surface area contributed by atoms with Crippen LogP contribution in [-0.2, 0) is 0 Å². The highest BCUT2D eigenvalue weighted by atomic mass is 32.2. The minimum atomic E-state index is -0.449. The fourth-order valence-corrected chi connectivity index (χ4v) is 2.94. The zero-order valence-corrected chi connectivity index (χ0v) is 10.1. The van der Waals surface area contributed by atoms with Crippen LogP contribution in [0.5, 0.6) is 0 Å². The molecule has 0 fully saturated rings. The van der Waals surface area contributed by atoms with Gasteiger partial charge in [-0.2, -0.15) is 0 Å². The summed E-state index contributed by atoms with van der Waals surface area (Å²) in [6.07, 6.45) is -0.449. The van der Waals surface area contributed by atoms with Gasteiger partial charge in [0.25, 0.3) is 0 Å². The Kier molecular flexibility index (Phi) is 3.98. The summed E-state index contributed by atoms with van der Waals surface area (Å²) in [6.45, 7) is 0. The highest BCUT2D eigenvalue weighted by Gasteiger charge is 2.08. The van der Waals surface area contributed by atoms with Gasteiger partial charge < -0.3 is 5.11 Å². The Balaban J connectivity index is 1.90. The third kappa shape index (κ3) is 3.07. The molecule has 0 radical (unpaired) electrons. The van der Waals surface area contributed by atoms with Crippen molar-refractivity contribution < 1.29 is 9.50 Å². The Hall–Kier alpha value is -0.840. The van der Waals surface area contributed by atoms with Crippen LogP contribution in [0.4, 0.5) is 4.39 Å². The van der Waals surface area contributed by atoms with E-state index in [4.69, 9.17) is 0 Å². The van der Waals surface area contributed by atoms with E-state index < -0.39 is 6.10 Å². The Labute approximate surface area is 102 Å². The summed E-state index contributed by atoms with van der Waals surface area (Å²) >= 11 is 3.07. The van der Waals surface area contributed by atoms with Crippen LogP contribution in [0.15, 0.2) is 46.7 Å². The van der Waals surface area contributed by atoms with Crippen molar-refractivity contribution in [2.45, 2.75) is 11.0 Å². The number of benzene rings is 1. The van der Waals surface area contributed by atoms with Crippen LogP contribution in [0.2, 0.25) is 0 Å². The van der Waals surface area contributed by atoms with E-state index in [2.05, 4.69) is 0 Å². The van der Waals surface area contributed by atoms with Gasteiger partial charge in [-0.15, -0.1) is 23.1 Å². The summed E-state index contributed by atoms with van der Waals surface area (Å²) in [7, 11) is 0. The third-order valence-electron chi connectivity index (χ3n) is 2.09. The Morgan fingerprint density at radius 1 is 1.25 bits per heavy atom. The van der Waals surface area contributed by atoms with Crippen molar-refractivity contribution in [2.24, 2.45) is 0 Å². The van der Waals surface area contributed by atoms with Gasteiger partial charge in [-0.3, -0.25) is 0 Å². The van der Waals surface area contributed by atoms with E-state index in [1.807, 2.05) is 17.5 Å². The molecule has 0 aliphatic rings. The molecule has 0 saturated heterocycles. The number of rotatable bonds is 4. The average Bonchev–Trinajstić information content (AvgIpc) is 2.81. The van der Waals surface area contributed by atoms with Crippen molar-refractivity contribution in [1.82, 2.24) is 0 Å². The van der Waals surface area contributed by atoms with Crippen molar-refractivity contribution in [2.75, 3.05) is 5.75 Å². The van der Waals surface area contributed by atoms with Gasteiger partial charge in [-0.1, -0.05) is 6.07 Å². The summed E-state index contributed by atoms with van der Waals surface area (Å²) < 4.78 is 12.7. The molecule has 1 aromatic carbocycles. The monoisotopic (exact) mass is 254 g/mol. The molecular formula is C12H11FOS2. The first-order valence-corrected chi connectivity index (χ1v) is 6.72. The Bertz CT molecular complexity index is 425. The predicted octanol–water partition coefficient (Wildman–Crippen LogP) is 3.71. The molecule has 0 aliphatic heterocycles. The van der Waals surface area contributed by atoms with E-state index in [9.17, 15) is 9.50 Å². The lowest BCUT2D eigenvalue weighted by atomic mass is 10.3. The highest BCUT2D eigenvalue weighted by molar-refractivity contribution is 7.99. The summed E-state index contributed by atoms with van der Waals surface area (Å²) in [6, 6.07) is 10.1. The zero-order valence-electron chi connectivity index (χ0n) is 8.47. The van der Waals surface area contributed by atoms with E-state index >= 15 is 0 Å². The van der Waals surface area contributed by atoms with Crippen molar-refractivity contribution in [3.05, 3.63) is 52.5 Å². The molecule has 1 atom stereocenters. The minimum Gasteiger partial charge on any atom is -0.387 e. The second-order valence-corrected chi connectivity index (χ2v) is 5.37. The van der Waals surface area contributed by atoms with Gasteiger partial charge in [0, 0.05) is 15.5 Å². The number of thiophene rings is 1. The minimum absolute atomic E-state index is 0.233. The summed E-state index contributed by atoms with van der Waals surface area (Å²) in [4.78, 5) is 1.94. The number of hydrogen-bond donors (Lipinski definition) is 1. The van der Waals surface area contributed by atoms with Gasteiger partial charge in [-0.05, 0) is 35.7 Å². The molecule has 1 unspecified atom stereocenters. The number of aliphatic hydroxyl groups excluding tert-OH is 1. The van der Waals surface area contributed by atoms with E-state index in [1.165, 1.54) is 23.9 Å². The number of halogens is 1. The highest BCUT2D eigenvalue weighted by Crippen LogP contribution is 2.26. The lowest BCUT2D eigenvalue weighted by molar-refractivity contribution is 0.208. The Morgan fingerprint density at radius 3 is 2.62 bits per heavy atom. The number of thioether (sulfide) groups is 1. The van der Waals surface area contributed by atoms with Crippen LogP contribution in [0.1, 0.15) is 11.0 Å². The van der Waals surface area contributed by atoms with E-state index in [1.54, 1.807) is 23.5 Å². The molecule has 1 nitrogen and oxygen atoms in total.